The molecule has 1 aromatic rings. The highest BCUT2D eigenvalue weighted by Crippen LogP contribution is 2.07. The number of hydrogen-bond donors (Lipinski definition) is 1. The van der Waals surface area contributed by atoms with Crippen LogP contribution in [0.4, 0.5) is 0 Å². The molecule has 1 amide bonds. The average Bonchev–Trinajstić information content (AvgIpc) is 2.27. The van der Waals surface area contributed by atoms with E-state index in [0.29, 0.717) is 12.3 Å². The quantitative estimate of drug-likeness (QED) is 0.787. The van der Waals surface area contributed by atoms with E-state index in [1.165, 1.54) is 5.56 Å². The normalized spacial score (nSPS) is 11.2. The highest BCUT2D eigenvalue weighted by molar-refractivity contribution is 6.18. The number of aryl methyl sites for hydroxylation is 1. The first kappa shape index (κ1) is 13.0. The van der Waals surface area contributed by atoms with E-state index in [-0.39, 0.29) is 11.4 Å². The molecule has 88 valence electrons. The van der Waals surface area contributed by atoms with Gasteiger partial charge in [0.2, 0.25) is 5.91 Å². The minimum Gasteiger partial charge on any atom is -0.350 e. The topological polar surface area (TPSA) is 29.1 Å². The van der Waals surface area contributed by atoms with Crippen molar-refractivity contribution in [2.75, 3.05) is 5.88 Å². The lowest BCUT2D eigenvalue weighted by atomic mass is 10.1. The third-order valence-corrected chi connectivity index (χ3v) is 2.96. The molecule has 1 rings (SSSR count). The lowest BCUT2D eigenvalue weighted by molar-refractivity contribution is -0.122. The zero-order chi connectivity index (χ0) is 12.0. The van der Waals surface area contributed by atoms with E-state index < -0.39 is 0 Å². The van der Waals surface area contributed by atoms with Crippen LogP contribution in [0.3, 0.4) is 0 Å². The van der Waals surface area contributed by atoms with Crippen LogP contribution in [0.5, 0.6) is 0 Å². The van der Waals surface area contributed by atoms with Gasteiger partial charge in [-0.1, -0.05) is 30.3 Å². The average molecular weight is 240 g/mol. The second kappa shape index (κ2) is 5.90. The van der Waals surface area contributed by atoms with E-state index >= 15 is 0 Å². The molecule has 0 spiro atoms. The van der Waals surface area contributed by atoms with Crippen LogP contribution in [-0.2, 0) is 11.2 Å². The van der Waals surface area contributed by atoms with Gasteiger partial charge in [-0.3, -0.25) is 4.79 Å². The van der Waals surface area contributed by atoms with Gasteiger partial charge < -0.3 is 5.32 Å². The largest absolute Gasteiger partial charge is 0.350 e. The minimum absolute atomic E-state index is 0.0505. The first-order chi connectivity index (χ1) is 7.53. The van der Waals surface area contributed by atoms with Crippen LogP contribution < -0.4 is 5.32 Å². The number of carbonyl (C=O) groups is 1. The summed E-state index contributed by atoms with van der Waals surface area (Å²) in [5.41, 5.74) is 0.858. The third-order valence-electron chi connectivity index (χ3n) is 2.30. The highest BCUT2D eigenvalue weighted by atomic mass is 35.5. The van der Waals surface area contributed by atoms with Gasteiger partial charge in [-0.2, -0.15) is 0 Å². The van der Waals surface area contributed by atoms with Crippen LogP contribution in [0.15, 0.2) is 30.3 Å². The molecule has 16 heavy (non-hydrogen) atoms. The number of nitrogens with one attached hydrogen (secondary N) is 1. The number of halogens is 1. The SMILES string of the molecule is CC(C)(CCl)NC(=O)CCc1ccccc1. The first-order valence-electron chi connectivity index (χ1n) is 5.44. The lowest BCUT2D eigenvalue weighted by Gasteiger charge is -2.23. The number of amides is 1. The monoisotopic (exact) mass is 239 g/mol. The van der Waals surface area contributed by atoms with Gasteiger partial charge in [0.1, 0.15) is 0 Å². The van der Waals surface area contributed by atoms with Crippen molar-refractivity contribution in [2.24, 2.45) is 0 Å². The van der Waals surface area contributed by atoms with Crippen molar-refractivity contribution in [1.82, 2.24) is 5.32 Å². The summed E-state index contributed by atoms with van der Waals surface area (Å²) in [4.78, 5) is 11.6. The fourth-order valence-electron chi connectivity index (χ4n) is 1.38. The Bertz CT molecular complexity index is 335. The minimum atomic E-state index is -0.324. The molecular formula is C13H18ClNO. The molecule has 0 saturated heterocycles. The zero-order valence-corrected chi connectivity index (χ0v) is 10.6. The van der Waals surface area contributed by atoms with Crippen LogP contribution >= 0.6 is 11.6 Å². The second-order valence-electron chi connectivity index (χ2n) is 4.55. The first-order valence-corrected chi connectivity index (χ1v) is 5.98. The summed E-state index contributed by atoms with van der Waals surface area (Å²) in [6.45, 7) is 3.83. The summed E-state index contributed by atoms with van der Waals surface area (Å²) in [6, 6.07) is 9.99. The Morgan fingerprint density at radius 1 is 1.31 bits per heavy atom. The summed E-state index contributed by atoms with van der Waals surface area (Å²) in [5.74, 6) is 0.471. The van der Waals surface area contributed by atoms with Crippen LogP contribution in [0.1, 0.15) is 25.8 Å². The van der Waals surface area contributed by atoms with E-state index in [2.05, 4.69) is 5.32 Å². The molecule has 1 N–H and O–H groups in total. The summed E-state index contributed by atoms with van der Waals surface area (Å²) in [5, 5.41) is 2.91. The molecule has 0 saturated carbocycles. The number of rotatable bonds is 5. The molecule has 0 bridgehead atoms. The van der Waals surface area contributed by atoms with Crippen LogP contribution in [0, 0.1) is 0 Å². The Balaban J connectivity index is 2.36. The molecule has 0 unspecified atom stereocenters. The highest BCUT2D eigenvalue weighted by Gasteiger charge is 2.18. The Morgan fingerprint density at radius 2 is 1.94 bits per heavy atom. The summed E-state index contributed by atoms with van der Waals surface area (Å²) in [6.07, 6.45) is 1.27. The zero-order valence-electron chi connectivity index (χ0n) is 9.79. The van der Waals surface area contributed by atoms with Gasteiger partial charge in [0, 0.05) is 17.8 Å². The van der Waals surface area contributed by atoms with Gasteiger partial charge >= 0.3 is 0 Å². The predicted octanol–water partition coefficient (Wildman–Crippen LogP) is 2.75. The Kier molecular flexibility index (Phi) is 4.81. The van der Waals surface area contributed by atoms with Gasteiger partial charge in [-0.15, -0.1) is 11.6 Å². The van der Waals surface area contributed by atoms with E-state index in [9.17, 15) is 4.79 Å². The molecule has 0 aliphatic carbocycles. The van der Waals surface area contributed by atoms with Crippen LogP contribution in [-0.4, -0.2) is 17.3 Å². The summed E-state index contributed by atoms with van der Waals surface area (Å²) in [7, 11) is 0. The van der Waals surface area contributed by atoms with Crippen LogP contribution in [0.2, 0.25) is 0 Å². The maximum Gasteiger partial charge on any atom is 0.220 e. The number of hydrogen-bond acceptors (Lipinski definition) is 1. The van der Waals surface area contributed by atoms with Crippen molar-refractivity contribution in [2.45, 2.75) is 32.2 Å². The third kappa shape index (κ3) is 4.67. The standard InChI is InChI=1S/C13H18ClNO/c1-13(2,10-14)15-12(16)9-8-11-6-4-3-5-7-11/h3-7H,8-10H2,1-2H3,(H,15,16). The van der Waals surface area contributed by atoms with Crippen molar-refractivity contribution in [3.8, 4) is 0 Å². The number of carbonyl (C=O) groups excluding carboxylic acids is 1. The molecule has 1 aromatic carbocycles. The molecule has 0 atom stereocenters. The van der Waals surface area contributed by atoms with Gasteiger partial charge in [-0.05, 0) is 25.8 Å². The maximum atomic E-state index is 11.6. The number of benzene rings is 1. The molecule has 0 fully saturated rings. The van der Waals surface area contributed by atoms with Gasteiger partial charge in [0.25, 0.3) is 0 Å². The van der Waals surface area contributed by atoms with Crippen LogP contribution in [0.25, 0.3) is 0 Å². The number of alkyl halides is 1. The van der Waals surface area contributed by atoms with Gasteiger partial charge in [0.15, 0.2) is 0 Å². The molecular weight excluding hydrogens is 222 g/mol. The molecule has 0 aromatic heterocycles. The molecule has 0 aliphatic heterocycles. The maximum absolute atomic E-state index is 11.6. The van der Waals surface area contributed by atoms with Crippen molar-refractivity contribution >= 4 is 17.5 Å². The summed E-state index contributed by atoms with van der Waals surface area (Å²) >= 11 is 5.74. The fourth-order valence-corrected chi connectivity index (χ4v) is 1.44. The Hall–Kier alpha value is -1.02. The van der Waals surface area contributed by atoms with E-state index in [0.717, 1.165) is 6.42 Å². The van der Waals surface area contributed by atoms with Gasteiger partial charge in [0.05, 0.1) is 0 Å². The Morgan fingerprint density at radius 3 is 2.50 bits per heavy atom. The Labute approximate surface area is 102 Å². The van der Waals surface area contributed by atoms with E-state index in [1.54, 1.807) is 0 Å². The smallest absolute Gasteiger partial charge is 0.220 e. The summed E-state index contributed by atoms with van der Waals surface area (Å²) < 4.78 is 0. The second-order valence-corrected chi connectivity index (χ2v) is 4.82. The molecule has 3 heteroatoms. The molecule has 0 radical (unpaired) electrons. The van der Waals surface area contributed by atoms with Crippen molar-refractivity contribution < 1.29 is 4.79 Å². The van der Waals surface area contributed by atoms with E-state index in [4.69, 9.17) is 11.6 Å². The van der Waals surface area contributed by atoms with Crippen molar-refractivity contribution in [1.29, 1.82) is 0 Å². The fraction of sp³-hybridized carbons (Fsp3) is 0.462. The molecule has 0 heterocycles. The predicted molar refractivity (Wildman–Crippen MR) is 67.7 cm³/mol. The van der Waals surface area contributed by atoms with Crippen molar-refractivity contribution in [3.63, 3.8) is 0 Å². The van der Waals surface area contributed by atoms with E-state index in [1.807, 2.05) is 44.2 Å². The van der Waals surface area contributed by atoms with Gasteiger partial charge in [-0.25, -0.2) is 0 Å². The molecule has 0 aliphatic rings. The lowest BCUT2D eigenvalue weighted by Crippen LogP contribution is -2.44. The van der Waals surface area contributed by atoms with Crippen molar-refractivity contribution in [3.05, 3.63) is 35.9 Å². The molecule has 2 nitrogen and oxygen atoms in total.